The molecular formula is C15H12ClFO4. The number of carboxylic acid groups (broad SMARTS) is 1. The molecule has 0 atom stereocenters. The number of halogens is 2. The van der Waals surface area contributed by atoms with Crippen LogP contribution in [0.2, 0.25) is 5.02 Å². The van der Waals surface area contributed by atoms with Crippen LogP contribution < -0.4 is 9.47 Å². The summed E-state index contributed by atoms with van der Waals surface area (Å²) in [5.74, 6) is -1.48. The second-order valence-electron chi connectivity index (χ2n) is 4.18. The average molecular weight is 311 g/mol. The van der Waals surface area contributed by atoms with Crippen LogP contribution in [0.15, 0.2) is 36.4 Å². The van der Waals surface area contributed by atoms with Gasteiger partial charge in [0.05, 0.1) is 12.1 Å². The molecule has 0 unspecified atom stereocenters. The first kappa shape index (κ1) is 15.1. The summed E-state index contributed by atoms with van der Waals surface area (Å²) in [6, 6.07) is 8.79. The van der Waals surface area contributed by atoms with Crippen molar-refractivity contribution in [1.29, 1.82) is 0 Å². The number of carbonyl (C=O) groups is 1. The van der Waals surface area contributed by atoms with Gasteiger partial charge in [0.25, 0.3) is 0 Å². The van der Waals surface area contributed by atoms with Crippen molar-refractivity contribution in [2.45, 2.75) is 6.61 Å². The Morgan fingerprint density at radius 2 is 2.10 bits per heavy atom. The fourth-order valence-electron chi connectivity index (χ4n) is 1.78. The van der Waals surface area contributed by atoms with E-state index in [9.17, 15) is 9.18 Å². The van der Waals surface area contributed by atoms with Gasteiger partial charge in [0.15, 0.2) is 17.3 Å². The molecule has 0 aliphatic heterocycles. The van der Waals surface area contributed by atoms with E-state index >= 15 is 0 Å². The molecule has 0 bridgehead atoms. The van der Waals surface area contributed by atoms with E-state index in [1.165, 1.54) is 37.4 Å². The van der Waals surface area contributed by atoms with Crippen molar-refractivity contribution in [2.24, 2.45) is 0 Å². The molecule has 2 aromatic carbocycles. The van der Waals surface area contributed by atoms with Gasteiger partial charge in [-0.3, -0.25) is 0 Å². The molecule has 4 nitrogen and oxygen atoms in total. The molecule has 21 heavy (non-hydrogen) atoms. The molecule has 0 spiro atoms. The lowest BCUT2D eigenvalue weighted by molar-refractivity contribution is 0.0691. The van der Waals surface area contributed by atoms with Crippen LogP contribution in [0.3, 0.4) is 0 Å². The second kappa shape index (κ2) is 6.45. The highest BCUT2D eigenvalue weighted by molar-refractivity contribution is 6.32. The molecule has 2 rings (SSSR count). The predicted molar refractivity (Wildman–Crippen MR) is 75.7 cm³/mol. The van der Waals surface area contributed by atoms with Gasteiger partial charge >= 0.3 is 5.97 Å². The van der Waals surface area contributed by atoms with Crippen molar-refractivity contribution in [3.05, 3.63) is 58.4 Å². The molecule has 0 aliphatic rings. The highest BCUT2D eigenvalue weighted by Crippen LogP contribution is 2.29. The Hall–Kier alpha value is -2.27. The van der Waals surface area contributed by atoms with Crippen molar-refractivity contribution >= 4 is 17.6 Å². The van der Waals surface area contributed by atoms with Gasteiger partial charge in [-0.15, -0.1) is 0 Å². The molecule has 0 saturated carbocycles. The molecule has 0 fully saturated rings. The third kappa shape index (κ3) is 3.44. The van der Waals surface area contributed by atoms with Crippen LogP contribution in [0, 0.1) is 5.82 Å². The van der Waals surface area contributed by atoms with Crippen molar-refractivity contribution in [2.75, 3.05) is 7.11 Å². The number of para-hydroxylation sites is 1. The summed E-state index contributed by atoms with van der Waals surface area (Å²) in [5.41, 5.74) is 0.487. The number of rotatable bonds is 5. The fraction of sp³-hybridized carbons (Fsp3) is 0.133. The van der Waals surface area contributed by atoms with E-state index in [1.54, 1.807) is 6.07 Å². The van der Waals surface area contributed by atoms with E-state index < -0.39 is 11.8 Å². The van der Waals surface area contributed by atoms with Gasteiger partial charge in [-0.25, -0.2) is 9.18 Å². The van der Waals surface area contributed by atoms with E-state index in [2.05, 4.69) is 0 Å². The van der Waals surface area contributed by atoms with Gasteiger partial charge in [-0.05, 0) is 29.8 Å². The van der Waals surface area contributed by atoms with Gasteiger partial charge in [0, 0.05) is 0 Å². The van der Waals surface area contributed by atoms with E-state index in [-0.39, 0.29) is 28.7 Å². The Kier molecular flexibility index (Phi) is 4.65. The number of ether oxygens (including phenoxy) is 2. The lowest BCUT2D eigenvalue weighted by Crippen LogP contribution is -2.04. The van der Waals surface area contributed by atoms with Gasteiger partial charge in [-0.1, -0.05) is 23.7 Å². The Labute approximate surface area is 125 Å². The highest BCUT2D eigenvalue weighted by atomic mass is 35.5. The number of methoxy groups -OCH3 is 1. The number of aromatic carboxylic acids is 1. The maximum absolute atomic E-state index is 13.6. The maximum Gasteiger partial charge on any atom is 0.339 e. The third-order valence-electron chi connectivity index (χ3n) is 2.80. The normalized spacial score (nSPS) is 10.2. The largest absolute Gasteiger partial charge is 0.494 e. The maximum atomic E-state index is 13.6. The molecule has 0 radical (unpaired) electrons. The summed E-state index contributed by atoms with van der Waals surface area (Å²) in [4.78, 5) is 11.1. The van der Waals surface area contributed by atoms with Crippen LogP contribution >= 0.6 is 11.6 Å². The first-order valence-corrected chi connectivity index (χ1v) is 6.37. The van der Waals surface area contributed by atoms with Gasteiger partial charge in [0.2, 0.25) is 0 Å². The molecule has 2 aromatic rings. The van der Waals surface area contributed by atoms with Crippen molar-refractivity contribution in [3.8, 4) is 11.5 Å². The summed E-state index contributed by atoms with van der Waals surface area (Å²) in [6.07, 6.45) is 0. The van der Waals surface area contributed by atoms with Crippen LogP contribution in [0.5, 0.6) is 11.5 Å². The Morgan fingerprint density at radius 3 is 2.71 bits per heavy atom. The first-order valence-electron chi connectivity index (χ1n) is 6.00. The topological polar surface area (TPSA) is 55.8 Å². The minimum atomic E-state index is -1.14. The lowest BCUT2D eigenvalue weighted by atomic mass is 10.2. The average Bonchev–Trinajstić information content (AvgIpc) is 2.45. The van der Waals surface area contributed by atoms with Crippen LogP contribution in [0.1, 0.15) is 15.9 Å². The van der Waals surface area contributed by atoms with Crippen LogP contribution in [0.25, 0.3) is 0 Å². The molecule has 6 heteroatoms. The quantitative estimate of drug-likeness (QED) is 0.913. The first-order chi connectivity index (χ1) is 10.0. The zero-order valence-electron chi connectivity index (χ0n) is 11.1. The SMILES string of the molecule is COc1ccc(COc2c(Cl)cccc2C(=O)O)cc1F. The Balaban J connectivity index is 2.20. The van der Waals surface area contributed by atoms with E-state index in [1.807, 2.05) is 0 Å². The number of carboxylic acids is 1. The van der Waals surface area contributed by atoms with E-state index in [4.69, 9.17) is 26.2 Å². The summed E-state index contributed by atoms with van der Waals surface area (Å²) in [6.45, 7) is -0.00900. The van der Waals surface area contributed by atoms with Crippen LogP contribution in [-0.4, -0.2) is 18.2 Å². The monoisotopic (exact) mass is 310 g/mol. The van der Waals surface area contributed by atoms with Crippen molar-refractivity contribution in [1.82, 2.24) is 0 Å². The minimum Gasteiger partial charge on any atom is -0.494 e. The van der Waals surface area contributed by atoms with Crippen LogP contribution in [0.4, 0.5) is 4.39 Å². The Morgan fingerprint density at radius 1 is 1.33 bits per heavy atom. The minimum absolute atomic E-state index is 0.00900. The summed E-state index contributed by atoms with van der Waals surface area (Å²) in [5, 5.41) is 9.27. The molecule has 0 saturated heterocycles. The van der Waals surface area contributed by atoms with Crippen LogP contribution in [-0.2, 0) is 6.61 Å². The number of benzene rings is 2. The van der Waals surface area contributed by atoms with Gasteiger partial charge in [-0.2, -0.15) is 0 Å². The van der Waals surface area contributed by atoms with Gasteiger partial charge in [0.1, 0.15) is 12.2 Å². The van der Waals surface area contributed by atoms with Crippen molar-refractivity contribution in [3.63, 3.8) is 0 Å². The summed E-state index contributed by atoms with van der Waals surface area (Å²) < 4.78 is 23.8. The molecular weight excluding hydrogens is 299 g/mol. The zero-order chi connectivity index (χ0) is 15.4. The molecule has 110 valence electrons. The lowest BCUT2D eigenvalue weighted by Gasteiger charge is -2.11. The summed E-state index contributed by atoms with van der Waals surface area (Å²) in [7, 11) is 1.37. The molecule has 0 aliphatic carbocycles. The van der Waals surface area contributed by atoms with Crippen molar-refractivity contribution < 1.29 is 23.8 Å². The van der Waals surface area contributed by atoms with E-state index in [0.717, 1.165) is 0 Å². The molecule has 0 aromatic heterocycles. The smallest absolute Gasteiger partial charge is 0.339 e. The highest BCUT2D eigenvalue weighted by Gasteiger charge is 2.15. The Bertz CT molecular complexity index is 673. The molecule has 0 amide bonds. The zero-order valence-corrected chi connectivity index (χ0v) is 11.9. The standard InChI is InChI=1S/C15H12ClFO4/c1-20-13-6-5-9(7-12(13)17)8-21-14-10(15(18)19)3-2-4-11(14)16/h2-7H,8H2,1H3,(H,18,19). The number of hydrogen-bond acceptors (Lipinski definition) is 3. The fourth-order valence-corrected chi connectivity index (χ4v) is 2.01. The second-order valence-corrected chi connectivity index (χ2v) is 4.59. The molecule has 1 N–H and O–H groups in total. The van der Waals surface area contributed by atoms with Gasteiger partial charge < -0.3 is 14.6 Å². The molecule has 0 heterocycles. The number of hydrogen-bond donors (Lipinski definition) is 1. The summed E-state index contributed by atoms with van der Waals surface area (Å²) >= 11 is 5.94. The van der Waals surface area contributed by atoms with E-state index in [0.29, 0.717) is 5.56 Å². The predicted octanol–water partition coefficient (Wildman–Crippen LogP) is 3.76. The third-order valence-corrected chi connectivity index (χ3v) is 3.09.